The summed E-state index contributed by atoms with van der Waals surface area (Å²) in [6.07, 6.45) is -8.74. The second-order valence-corrected chi connectivity index (χ2v) is 8.30. The highest BCUT2D eigenvalue weighted by atomic mass is 16.6. The van der Waals surface area contributed by atoms with Crippen LogP contribution in [0.2, 0.25) is 0 Å². The molecular weight excluding hydrogens is 420 g/mol. The molecule has 0 saturated heterocycles. The molecule has 9 heteroatoms. The van der Waals surface area contributed by atoms with Gasteiger partial charge in [0, 0.05) is 16.7 Å². The maximum atomic E-state index is 12.5. The quantitative estimate of drug-likeness (QED) is 0.309. The lowest BCUT2D eigenvalue weighted by atomic mass is 9.84. The van der Waals surface area contributed by atoms with Gasteiger partial charge in [0.2, 0.25) is 0 Å². The molecule has 1 aliphatic rings. The third kappa shape index (κ3) is 6.27. The molecule has 9 nitrogen and oxygen atoms in total. The zero-order valence-electron chi connectivity index (χ0n) is 19.8. The van der Waals surface area contributed by atoms with Crippen molar-refractivity contribution in [3.8, 4) is 0 Å². The van der Waals surface area contributed by atoms with Crippen molar-refractivity contribution < 1.29 is 43.9 Å². The van der Waals surface area contributed by atoms with E-state index in [1.165, 1.54) is 26.8 Å². The molecule has 0 aromatic carbocycles. The molecular formula is C23H34O9. The van der Waals surface area contributed by atoms with Gasteiger partial charge in [-0.25, -0.2) is 14.4 Å². The summed E-state index contributed by atoms with van der Waals surface area (Å²) in [4.78, 5) is 37.2. The predicted octanol–water partition coefficient (Wildman–Crippen LogP) is 1.50. The van der Waals surface area contributed by atoms with Crippen LogP contribution in [0.15, 0.2) is 33.9 Å². The zero-order chi connectivity index (χ0) is 24.9. The van der Waals surface area contributed by atoms with Crippen LogP contribution in [0.4, 0.5) is 0 Å². The van der Waals surface area contributed by atoms with Crippen molar-refractivity contribution in [3.05, 3.63) is 33.9 Å². The smallest absolute Gasteiger partial charge is 0.334 e. The standard InChI is InChI=1S/C23H34O9/c1-9-12(6)21(27)31-19-16(25)15(24)18(30-22(28)13(7)10(2)3)17(26)20(19)32-23(29)14(8)11(4)5/h9,15-20,24-26H,1-8H3. The fraction of sp³-hybridized carbons (Fsp3) is 0.609. The van der Waals surface area contributed by atoms with Crippen molar-refractivity contribution in [2.75, 3.05) is 0 Å². The van der Waals surface area contributed by atoms with Gasteiger partial charge in [-0.1, -0.05) is 17.2 Å². The molecule has 0 aromatic rings. The minimum atomic E-state index is -1.80. The van der Waals surface area contributed by atoms with Crippen LogP contribution in [0, 0.1) is 0 Å². The van der Waals surface area contributed by atoms with Crippen LogP contribution < -0.4 is 0 Å². The molecule has 0 aliphatic heterocycles. The van der Waals surface area contributed by atoms with E-state index in [0.717, 1.165) is 0 Å². The lowest BCUT2D eigenvalue weighted by molar-refractivity contribution is -0.244. The first kappa shape index (κ1) is 27.5. The van der Waals surface area contributed by atoms with Gasteiger partial charge in [-0.05, 0) is 55.4 Å². The Balaban J connectivity index is 3.35. The van der Waals surface area contributed by atoms with Gasteiger partial charge in [0.1, 0.15) is 18.3 Å². The molecule has 0 heterocycles. The van der Waals surface area contributed by atoms with Gasteiger partial charge in [-0.15, -0.1) is 0 Å². The maximum absolute atomic E-state index is 12.5. The molecule has 6 unspecified atom stereocenters. The third-order valence-electron chi connectivity index (χ3n) is 5.62. The predicted molar refractivity (Wildman–Crippen MR) is 115 cm³/mol. The Morgan fingerprint density at radius 3 is 1.34 bits per heavy atom. The van der Waals surface area contributed by atoms with Gasteiger partial charge < -0.3 is 29.5 Å². The summed E-state index contributed by atoms with van der Waals surface area (Å²) in [6, 6.07) is 0. The summed E-state index contributed by atoms with van der Waals surface area (Å²) in [7, 11) is 0. The number of ether oxygens (including phenoxy) is 3. The van der Waals surface area contributed by atoms with Crippen LogP contribution in [-0.2, 0) is 28.6 Å². The van der Waals surface area contributed by atoms with Crippen LogP contribution in [0.3, 0.4) is 0 Å². The second kappa shape index (κ2) is 11.4. The molecule has 0 aromatic heterocycles. The largest absolute Gasteiger partial charge is 0.453 e. The Bertz CT molecular complexity index is 828. The average molecular weight is 455 g/mol. The highest BCUT2D eigenvalue weighted by molar-refractivity contribution is 5.90. The number of aliphatic hydroxyl groups is 3. The van der Waals surface area contributed by atoms with E-state index in [-0.39, 0.29) is 16.7 Å². The zero-order valence-corrected chi connectivity index (χ0v) is 19.8. The molecule has 1 aliphatic carbocycles. The number of aliphatic hydroxyl groups excluding tert-OH is 3. The minimum absolute atomic E-state index is 0.208. The lowest BCUT2D eigenvalue weighted by Gasteiger charge is -2.44. The Hall–Kier alpha value is -2.49. The highest BCUT2D eigenvalue weighted by Gasteiger charge is 2.55. The Morgan fingerprint density at radius 2 is 0.938 bits per heavy atom. The average Bonchev–Trinajstić information content (AvgIpc) is 2.74. The van der Waals surface area contributed by atoms with Gasteiger partial charge in [0.25, 0.3) is 0 Å². The number of hydrogen-bond acceptors (Lipinski definition) is 9. The first-order valence-corrected chi connectivity index (χ1v) is 10.3. The molecule has 1 fully saturated rings. The van der Waals surface area contributed by atoms with E-state index >= 15 is 0 Å². The Kier molecular flexibility index (Phi) is 9.81. The summed E-state index contributed by atoms with van der Waals surface area (Å²) >= 11 is 0. The van der Waals surface area contributed by atoms with Crippen LogP contribution in [0.25, 0.3) is 0 Å². The maximum Gasteiger partial charge on any atom is 0.334 e. The monoisotopic (exact) mass is 454 g/mol. The fourth-order valence-electron chi connectivity index (χ4n) is 2.75. The molecule has 1 saturated carbocycles. The van der Waals surface area contributed by atoms with Crippen molar-refractivity contribution in [2.45, 2.75) is 92.0 Å². The first-order valence-electron chi connectivity index (χ1n) is 10.3. The van der Waals surface area contributed by atoms with Gasteiger partial charge in [-0.3, -0.25) is 0 Å². The van der Waals surface area contributed by atoms with Crippen molar-refractivity contribution in [2.24, 2.45) is 0 Å². The van der Waals surface area contributed by atoms with E-state index in [0.29, 0.717) is 11.1 Å². The van der Waals surface area contributed by atoms with E-state index in [4.69, 9.17) is 14.2 Å². The van der Waals surface area contributed by atoms with E-state index in [1.54, 1.807) is 34.6 Å². The minimum Gasteiger partial charge on any atom is -0.453 e. The summed E-state index contributed by atoms with van der Waals surface area (Å²) in [5.74, 6) is -2.45. The summed E-state index contributed by atoms with van der Waals surface area (Å²) in [6.45, 7) is 12.9. The van der Waals surface area contributed by atoms with E-state index in [2.05, 4.69) is 0 Å². The molecule has 32 heavy (non-hydrogen) atoms. The number of allylic oxidation sites excluding steroid dienone is 3. The van der Waals surface area contributed by atoms with Gasteiger partial charge in [0.15, 0.2) is 18.3 Å². The molecule has 0 amide bonds. The molecule has 1 rings (SSSR count). The van der Waals surface area contributed by atoms with Gasteiger partial charge in [0.05, 0.1) is 0 Å². The number of hydrogen-bond donors (Lipinski definition) is 3. The lowest BCUT2D eigenvalue weighted by Crippen LogP contribution is -2.66. The molecule has 3 N–H and O–H groups in total. The second-order valence-electron chi connectivity index (χ2n) is 8.30. The van der Waals surface area contributed by atoms with Crippen LogP contribution in [0.1, 0.15) is 55.4 Å². The van der Waals surface area contributed by atoms with Crippen LogP contribution >= 0.6 is 0 Å². The van der Waals surface area contributed by atoms with Gasteiger partial charge >= 0.3 is 17.9 Å². The van der Waals surface area contributed by atoms with Crippen LogP contribution in [-0.4, -0.2) is 69.9 Å². The van der Waals surface area contributed by atoms with Crippen molar-refractivity contribution in [3.63, 3.8) is 0 Å². The molecule has 0 bridgehead atoms. The van der Waals surface area contributed by atoms with E-state index in [1.807, 2.05) is 0 Å². The first-order chi connectivity index (χ1) is 14.7. The Morgan fingerprint density at radius 1 is 0.594 bits per heavy atom. The SMILES string of the molecule is CC=C(C)C(=O)OC1C(O)C(O)C(OC(=O)C(C)=C(C)C)C(O)C1OC(=O)C(C)=C(C)C. The topological polar surface area (TPSA) is 140 Å². The summed E-state index contributed by atoms with van der Waals surface area (Å²) in [5, 5.41) is 32.1. The van der Waals surface area contributed by atoms with Crippen molar-refractivity contribution >= 4 is 17.9 Å². The number of rotatable bonds is 6. The number of esters is 3. The fourth-order valence-corrected chi connectivity index (χ4v) is 2.75. The Labute approximate surface area is 188 Å². The van der Waals surface area contributed by atoms with Crippen molar-refractivity contribution in [1.82, 2.24) is 0 Å². The number of carbonyl (C=O) groups excluding carboxylic acids is 3. The summed E-state index contributed by atoms with van der Waals surface area (Å²) < 4.78 is 15.9. The summed E-state index contributed by atoms with van der Waals surface area (Å²) in [5.41, 5.74) is 2.03. The molecule has 6 atom stereocenters. The molecule has 0 spiro atoms. The van der Waals surface area contributed by atoms with E-state index in [9.17, 15) is 29.7 Å². The van der Waals surface area contributed by atoms with Crippen molar-refractivity contribution in [1.29, 1.82) is 0 Å². The molecule has 180 valence electrons. The normalized spacial score (nSPS) is 27.8. The van der Waals surface area contributed by atoms with E-state index < -0.39 is 54.5 Å². The van der Waals surface area contributed by atoms with Crippen LogP contribution in [0.5, 0.6) is 0 Å². The number of carbonyl (C=O) groups is 3. The van der Waals surface area contributed by atoms with Gasteiger partial charge in [-0.2, -0.15) is 0 Å². The molecule has 0 radical (unpaired) electrons. The highest BCUT2D eigenvalue weighted by Crippen LogP contribution is 2.30. The third-order valence-corrected chi connectivity index (χ3v) is 5.62.